The van der Waals surface area contributed by atoms with E-state index < -0.39 is 0 Å². The van der Waals surface area contributed by atoms with E-state index in [1.54, 1.807) is 36.3 Å². The van der Waals surface area contributed by atoms with Crippen LogP contribution in [0.1, 0.15) is 43.5 Å². The van der Waals surface area contributed by atoms with Crippen LogP contribution >= 0.6 is 0 Å². The first-order chi connectivity index (χ1) is 9.91. The third kappa shape index (κ3) is 4.06. The molecule has 4 nitrogen and oxygen atoms in total. The van der Waals surface area contributed by atoms with E-state index in [1.807, 2.05) is 0 Å². The molecule has 0 spiro atoms. The van der Waals surface area contributed by atoms with Crippen molar-refractivity contribution in [2.24, 2.45) is 5.41 Å². The van der Waals surface area contributed by atoms with Gasteiger partial charge in [0, 0.05) is 18.5 Å². The zero-order valence-electron chi connectivity index (χ0n) is 13.0. The van der Waals surface area contributed by atoms with Crippen molar-refractivity contribution < 1.29 is 14.3 Å². The first-order valence-corrected chi connectivity index (χ1v) is 7.36. The van der Waals surface area contributed by atoms with E-state index in [0.29, 0.717) is 18.5 Å². The summed E-state index contributed by atoms with van der Waals surface area (Å²) in [6.07, 6.45) is 2.36. The molecule has 1 aromatic carbocycles. The maximum Gasteiger partial charge on any atom is 0.222 e. The van der Waals surface area contributed by atoms with Gasteiger partial charge < -0.3 is 9.64 Å². The molecular formula is C17H23NO3. The van der Waals surface area contributed by atoms with Crippen molar-refractivity contribution in [3.63, 3.8) is 0 Å². The summed E-state index contributed by atoms with van der Waals surface area (Å²) in [7, 11) is 1.59. The zero-order valence-corrected chi connectivity index (χ0v) is 13.0. The predicted molar refractivity (Wildman–Crippen MR) is 81.5 cm³/mol. The van der Waals surface area contributed by atoms with E-state index in [9.17, 15) is 9.59 Å². The second kappa shape index (κ2) is 6.29. The van der Waals surface area contributed by atoms with Crippen LogP contribution in [0, 0.1) is 5.41 Å². The zero-order chi connectivity index (χ0) is 15.5. The lowest BCUT2D eigenvalue weighted by atomic mass is 9.85. The fourth-order valence-electron chi connectivity index (χ4n) is 2.50. The fraction of sp³-hybridized carbons (Fsp3) is 0.529. The van der Waals surface area contributed by atoms with Gasteiger partial charge in [-0.3, -0.25) is 9.59 Å². The molecule has 1 aliphatic heterocycles. The third-order valence-corrected chi connectivity index (χ3v) is 4.17. The Balaban J connectivity index is 2.02. The predicted octanol–water partition coefficient (Wildman–Crippen LogP) is 2.92. The van der Waals surface area contributed by atoms with E-state index in [2.05, 4.69) is 13.8 Å². The van der Waals surface area contributed by atoms with Crippen molar-refractivity contribution >= 4 is 11.7 Å². The smallest absolute Gasteiger partial charge is 0.222 e. The summed E-state index contributed by atoms with van der Waals surface area (Å²) in [5, 5.41) is 0. The average Bonchev–Trinajstić information content (AvgIpc) is 2.60. The number of rotatable bonds is 4. The van der Waals surface area contributed by atoms with Crippen LogP contribution < -0.4 is 4.74 Å². The van der Waals surface area contributed by atoms with Gasteiger partial charge in [0.1, 0.15) is 5.75 Å². The highest BCUT2D eigenvalue weighted by Crippen LogP contribution is 2.30. The van der Waals surface area contributed by atoms with Gasteiger partial charge >= 0.3 is 0 Å². The van der Waals surface area contributed by atoms with Crippen LogP contribution in [0.2, 0.25) is 0 Å². The van der Waals surface area contributed by atoms with Crippen LogP contribution in [-0.2, 0) is 4.79 Å². The summed E-state index contributed by atoms with van der Waals surface area (Å²) in [6, 6.07) is 7.02. The van der Waals surface area contributed by atoms with Crippen molar-refractivity contribution in [1.82, 2.24) is 4.90 Å². The van der Waals surface area contributed by atoms with E-state index in [-0.39, 0.29) is 23.7 Å². The van der Waals surface area contributed by atoms with E-state index in [0.717, 1.165) is 18.6 Å². The van der Waals surface area contributed by atoms with Crippen LogP contribution in [0.4, 0.5) is 0 Å². The number of carbonyl (C=O) groups is 2. The van der Waals surface area contributed by atoms with Crippen molar-refractivity contribution in [3.05, 3.63) is 29.8 Å². The molecule has 1 fully saturated rings. The summed E-state index contributed by atoms with van der Waals surface area (Å²) in [4.78, 5) is 26.1. The Hall–Kier alpha value is -1.84. The number of carbonyl (C=O) groups excluding carboxylic acids is 2. The number of ether oxygens (including phenoxy) is 1. The van der Waals surface area contributed by atoms with Crippen LogP contribution in [0.3, 0.4) is 0 Å². The maximum absolute atomic E-state index is 12.3. The molecule has 0 saturated carbocycles. The lowest BCUT2D eigenvalue weighted by molar-refractivity contribution is -0.130. The number of methoxy groups -OCH3 is 1. The standard InChI is InChI=1S/C17H23NO3/c1-17(2)9-8-16(20)18(11-10-17)12-15(19)13-4-6-14(21-3)7-5-13/h4-7H,8-12H2,1-3H3. The number of Topliss-reactive ketones (excluding diaryl/α,β-unsaturated/α-hetero) is 1. The molecule has 1 aliphatic rings. The highest BCUT2D eigenvalue weighted by atomic mass is 16.5. The number of likely N-dealkylation sites (tertiary alicyclic amines) is 1. The first kappa shape index (κ1) is 15.5. The molecule has 0 bridgehead atoms. The van der Waals surface area contributed by atoms with E-state index in [4.69, 9.17) is 4.74 Å². The van der Waals surface area contributed by atoms with Gasteiger partial charge in [-0.15, -0.1) is 0 Å². The normalized spacial score (nSPS) is 18.2. The molecule has 1 heterocycles. The van der Waals surface area contributed by atoms with Crippen molar-refractivity contribution in [2.45, 2.75) is 33.1 Å². The van der Waals surface area contributed by atoms with Gasteiger partial charge in [0.2, 0.25) is 5.91 Å². The Morgan fingerprint density at radius 2 is 1.90 bits per heavy atom. The maximum atomic E-state index is 12.3. The van der Waals surface area contributed by atoms with Crippen LogP contribution in [0.25, 0.3) is 0 Å². The van der Waals surface area contributed by atoms with Crippen molar-refractivity contribution in [2.75, 3.05) is 20.2 Å². The van der Waals surface area contributed by atoms with Crippen molar-refractivity contribution in [1.29, 1.82) is 0 Å². The highest BCUT2D eigenvalue weighted by Gasteiger charge is 2.28. The number of ketones is 1. The minimum Gasteiger partial charge on any atom is -0.497 e. The van der Waals surface area contributed by atoms with Gasteiger partial charge in [0.25, 0.3) is 0 Å². The molecule has 0 unspecified atom stereocenters. The van der Waals surface area contributed by atoms with Gasteiger partial charge in [-0.1, -0.05) is 13.8 Å². The van der Waals surface area contributed by atoms with Gasteiger partial charge in [0.15, 0.2) is 5.78 Å². The Kier molecular flexibility index (Phi) is 4.66. The molecule has 0 atom stereocenters. The Morgan fingerprint density at radius 3 is 2.52 bits per heavy atom. The molecule has 1 amide bonds. The molecule has 0 aromatic heterocycles. The van der Waals surface area contributed by atoms with Crippen LogP contribution in [-0.4, -0.2) is 36.8 Å². The summed E-state index contributed by atoms with van der Waals surface area (Å²) in [5.74, 6) is 0.785. The fourth-order valence-corrected chi connectivity index (χ4v) is 2.50. The average molecular weight is 289 g/mol. The van der Waals surface area contributed by atoms with Crippen LogP contribution in [0.15, 0.2) is 24.3 Å². The van der Waals surface area contributed by atoms with Gasteiger partial charge in [-0.05, 0) is 42.5 Å². The molecule has 0 N–H and O–H groups in total. The van der Waals surface area contributed by atoms with Crippen molar-refractivity contribution in [3.8, 4) is 5.75 Å². The largest absolute Gasteiger partial charge is 0.497 e. The van der Waals surface area contributed by atoms with Crippen LogP contribution in [0.5, 0.6) is 5.75 Å². The molecule has 21 heavy (non-hydrogen) atoms. The SMILES string of the molecule is COc1ccc(C(=O)CN2CCC(C)(C)CCC2=O)cc1. The molecule has 0 aliphatic carbocycles. The molecule has 0 radical (unpaired) electrons. The number of hydrogen-bond donors (Lipinski definition) is 0. The Labute approximate surface area is 126 Å². The number of benzene rings is 1. The van der Waals surface area contributed by atoms with Gasteiger partial charge in [-0.25, -0.2) is 0 Å². The number of nitrogens with zero attached hydrogens (tertiary/aromatic N) is 1. The molecule has 114 valence electrons. The quantitative estimate of drug-likeness (QED) is 0.801. The number of amides is 1. The molecule has 1 saturated heterocycles. The molecule has 4 heteroatoms. The minimum atomic E-state index is -0.0225. The topological polar surface area (TPSA) is 46.6 Å². The third-order valence-electron chi connectivity index (χ3n) is 4.17. The Bertz CT molecular complexity index is 519. The second-order valence-corrected chi connectivity index (χ2v) is 6.38. The lowest BCUT2D eigenvalue weighted by Crippen LogP contribution is -2.35. The molecule has 1 aromatic rings. The molecule has 2 rings (SSSR count). The minimum absolute atomic E-state index is 0.0225. The first-order valence-electron chi connectivity index (χ1n) is 7.36. The van der Waals surface area contributed by atoms with Gasteiger partial charge in [-0.2, -0.15) is 0 Å². The Morgan fingerprint density at radius 1 is 1.24 bits per heavy atom. The molecular weight excluding hydrogens is 266 g/mol. The summed E-state index contributed by atoms with van der Waals surface area (Å²) >= 11 is 0. The highest BCUT2D eigenvalue weighted by molar-refractivity contribution is 5.99. The summed E-state index contributed by atoms with van der Waals surface area (Å²) < 4.78 is 5.08. The van der Waals surface area contributed by atoms with E-state index in [1.165, 1.54) is 0 Å². The number of hydrogen-bond acceptors (Lipinski definition) is 3. The second-order valence-electron chi connectivity index (χ2n) is 6.38. The van der Waals surface area contributed by atoms with E-state index >= 15 is 0 Å². The summed E-state index contributed by atoms with van der Waals surface area (Å²) in [5.41, 5.74) is 0.792. The lowest BCUT2D eigenvalue weighted by Gasteiger charge is -2.23. The van der Waals surface area contributed by atoms with Gasteiger partial charge in [0.05, 0.1) is 13.7 Å². The monoisotopic (exact) mass is 289 g/mol. The summed E-state index contributed by atoms with van der Waals surface area (Å²) in [6.45, 7) is 5.18.